The van der Waals surface area contributed by atoms with Crippen LogP contribution in [0.5, 0.6) is 0 Å². The van der Waals surface area contributed by atoms with E-state index in [-0.39, 0.29) is 37.0 Å². The molecule has 0 spiro atoms. The Kier molecular flexibility index (Phi) is 9.15. The van der Waals surface area contributed by atoms with E-state index in [1.54, 1.807) is 11.8 Å². The Bertz CT molecular complexity index is 408. The Labute approximate surface area is 120 Å². The number of hydrogen-bond donors (Lipinski definition) is 1. The molecule has 8 heteroatoms. The molecule has 0 aromatic rings. The molecule has 2 N–H and O–H groups in total. The quantitative estimate of drug-likeness (QED) is 0.518. The average molecular weight is 308 g/mol. The summed E-state index contributed by atoms with van der Waals surface area (Å²) < 4.78 is 28.2. The standard InChI is InChI=1S/C12H24N2O5S/c1-3-6-14(10-12(16)19-4-2)7-9-20(17,18)8-5-11(13)15/h3-10H2,1-2H3,(H2,13,15). The SMILES string of the molecule is CCCN(CCS(=O)(=O)CCC(N)=O)CC(=O)OCC. The van der Waals surface area contributed by atoms with E-state index in [0.29, 0.717) is 13.2 Å². The van der Waals surface area contributed by atoms with Crippen LogP contribution in [0.4, 0.5) is 0 Å². The van der Waals surface area contributed by atoms with Crippen molar-refractivity contribution in [2.75, 3.05) is 37.7 Å². The fraction of sp³-hybridized carbons (Fsp3) is 0.833. The third-order valence-corrected chi connectivity index (χ3v) is 4.21. The molecule has 0 saturated heterocycles. The molecule has 0 heterocycles. The Morgan fingerprint density at radius 1 is 1.15 bits per heavy atom. The highest BCUT2D eigenvalue weighted by Crippen LogP contribution is 1.99. The van der Waals surface area contributed by atoms with Gasteiger partial charge in [0, 0.05) is 13.0 Å². The summed E-state index contributed by atoms with van der Waals surface area (Å²) in [6.45, 7) is 4.90. The first-order chi connectivity index (χ1) is 9.30. The number of nitrogens with two attached hydrogens (primary N) is 1. The van der Waals surface area contributed by atoms with E-state index in [0.717, 1.165) is 6.42 Å². The topological polar surface area (TPSA) is 107 Å². The molecular formula is C12H24N2O5S. The number of esters is 1. The maximum Gasteiger partial charge on any atom is 0.320 e. The van der Waals surface area contributed by atoms with Gasteiger partial charge in [-0.1, -0.05) is 6.92 Å². The Morgan fingerprint density at radius 2 is 1.80 bits per heavy atom. The van der Waals surface area contributed by atoms with E-state index < -0.39 is 15.7 Å². The number of amides is 1. The van der Waals surface area contributed by atoms with Crippen molar-refractivity contribution in [2.45, 2.75) is 26.7 Å². The second-order valence-corrected chi connectivity index (χ2v) is 6.75. The molecule has 0 atom stereocenters. The molecule has 0 unspecified atom stereocenters. The number of nitrogens with zero attached hydrogens (tertiary/aromatic N) is 1. The van der Waals surface area contributed by atoms with Crippen LogP contribution in [0.3, 0.4) is 0 Å². The monoisotopic (exact) mass is 308 g/mol. The van der Waals surface area contributed by atoms with E-state index in [4.69, 9.17) is 10.5 Å². The summed E-state index contributed by atoms with van der Waals surface area (Å²) in [7, 11) is -3.33. The Morgan fingerprint density at radius 3 is 2.30 bits per heavy atom. The molecule has 0 rings (SSSR count). The second-order valence-electron chi connectivity index (χ2n) is 4.45. The third kappa shape index (κ3) is 9.74. The van der Waals surface area contributed by atoms with Gasteiger partial charge in [0.25, 0.3) is 0 Å². The summed E-state index contributed by atoms with van der Waals surface area (Å²) in [5, 5.41) is 0. The molecule has 0 aromatic carbocycles. The van der Waals surface area contributed by atoms with Crippen LogP contribution in [-0.2, 0) is 24.2 Å². The number of rotatable bonds is 11. The largest absolute Gasteiger partial charge is 0.465 e. The van der Waals surface area contributed by atoms with Gasteiger partial charge >= 0.3 is 5.97 Å². The van der Waals surface area contributed by atoms with Crippen molar-refractivity contribution in [1.29, 1.82) is 0 Å². The lowest BCUT2D eigenvalue weighted by Gasteiger charge is -2.20. The smallest absolute Gasteiger partial charge is 0.320 e. The fourth-order valence-electron chi connectivity index (χ4n) is 1.60. The van der Waals surface area contributed by atoms with Crippen molar-refractivity contribution in [1.82, 2.24) is 4.90 Å². The van der Waals surface area contributed by atoms with Gasteiger partial charge in [-0.05, 0) is 19.9 Å². The molecule has 0 aromatic heterocycles. The van der Waals surface area contributed by atoms with Crippen LogP contribution in [0.1, 0.15) is 26.7 Å². The maximum absolute atomic E-state index is 11.7. The van der Waals surface area contributed by atoms with Gasteiger partial charge < -0.3 is 10.5 Å². The van der Waals surface area contributed by atoms with Crippen LogP contribution in [0.2, 0.25) is 0 Å². The number of hydrogen-bond acceptors (Lipinski definition) is 6. The lowest BCUT2D eigenvalue weighted by Crippen LogP contribution is -2.36. The van der Waals surface area contributed by atoms with E-state index >= 15 is 0 Å². The Hall–Kier alpha value is -1.15. The highest BCUT2D eigenvalue weighted by Gasteiger charge is 2.17. The third-order valence-electron chi connectivity index (χ3n) is 2.58. The van der Waals surface area contributed by atoms with E-state index in [1.165, 1.54) is 0 Å². The van der Waals surface area contributed by atoms with E-state index in [2.05, 4.69) is 0 Å². The molecule has 0 radical (unpaired) electrons. The number of primary amides is 1. The zero-order valence-electron chi connectivity index (χ0n) is 12.1. The van der Waals surface area contributed by atoms with Crippen molar-refractivity contribution in [3.8, 4) is 0 Å². The summed E-state index contributed by atoms with van der Waals surface area (Å²) in [6.07, 6.45) is 0.634. The summed E-state index contributed by atoms with van der Waals surface area (Å²) >= 11 is 0. The molecule has 0 bridgehead atoms. The first-order valence-electron chi connectivity index (χ1n) is 6.67. The van der Waals surface area contributed by atoms with Crippen LogP contribution in [-0.4, -0.2) is 62.9 Å². The van der Waals surface area contributed by atoms with Gasteiger partial charge in [0.15, 0.2) is 9.84 Å². The molecule has 0 aliphatic carbocycles. The van der Waals surface area contributed by atoms with Gasteiger partial charge in [0.2, 0.25) is 5.91 Å². The van der Waals surface area contributed by atoms with Gasteiger partial charge in [-0.2, -0.15) is 0 Å². The first kappa shape index (κ1) is 18.9. The highest BCUT2D eigenvalue weighted by atomic mass is 32.2. The maximum atomic E-state index is 11.7. The van der Waals surface area contributed by atoms with Crippen molar-refractivity contribution in [2.24, 2.45) is 5.73 Å². The van der Waals surface area contributed by atoms with Crippen molar-refractivity contribution >= 4 is 21.7 Å². The van der Waals surface area contributed by atoms with Gasteiger partial charge in [0.05, 0.1) is 24.7 Å². The van der Waals surface area contributed by atoms with E-state index in [9.17, 15) is 18.0 Å². The number of ether oxygens (including phenoxy) is 1. The number of carbonyl (C=O) groups is 2. The van der Waals surface area contributed by atoms with Crippen LogP contribution in [0.25, 0.3) is 0 Å². The molecule has 7 nitrogen and oxygen atoms in total. The van der Waals surface area contributed by atoms with Crippen molar-refractivity contribution in [3.05, 3.63) is 0 Å². The summed E-state index contributed by atoms with van der Waals surface area (Å²) in [5.41, 5.74) is 4.93. The molecule has 20 heavy (non-hydrogen) atoms. The van der Waals surface area contributed by atoms with Crippen LogP contribution < -0.4 is 5.73 Å². The predicted molar refractivity (Wildman–Crippen MR) is 75.8 cm³/mol. The average Bonchev–Trinajstić information content (AvgIpc) is 2.34. The lowest BCUT2D eigenvalue weighted by atomic mass is 10.4. The lowest BCUT2D eigenvalue weighted by molar-refractivity contribution is -0.144. The molecule has 0 aliphatic rings. The molecule has 0 fully saturated rings. The Balaban J connectivity index is 4.31. The minimum atomic E-state index is -3.33. The molecule has 0 aliphatic heterocycles. The summed E-state index contributed by atoms with van der Waals surface area (Å²) in [6, 6.07) is 0. The zero-order chi connectivity index (χ0) is 15.6. The minimum Gasteiger partial charge on any atom is -0.465 e. The fourth-order valence-corrected chi connectivity index (χ4v) is 2.85. The predicted octanol–water partition coefficient (Wildman–Crippen LogP) is -0.448. The van der Waals surface area contributed by atoms with Crippen molar-refractivity contribution in [3.63, 3.8) is 0 Å². The minimum absolute atomic E-state index is 0.0764. The van der Waals surface area contributed by atoms with Crippen molar-refractivity contribution < 1.29 is 22.7 Å². The first-order valence-corrected chi connectivity index (χ1v) is 8.49. The molecule has 0 saturated carbocycles. The van der Waals surface area contributed by atoms with Gasteiger partial charge in [-0.25, -0.2) is 8.42 Å². The van der Waals surface area contributed by atoms with Crippen LogP contribution >= 0.6 is 0 Å². The normalized spacial score (nSPS) is 11.6. The van der Waals surface area contributed by atoms with E-state index in [1.807, 2.05) is 6.92 Å². The van der Waals surface area contributed by atoms with Gasteiger partial charge in [-0.15, -0.1) is 0 Å². The number of sulfone groups is 1. The number of carbonyl (C=O) groups excluding carboxylic acids is 2. The molecular weight excluding hydrogens is 284 g/mol. The van der Waals surface area contributed by atoms with Gasteiger partial charge in [0.1, 0.15) is 0 Å². The molecule has 1 amide bonds. The van der Waals surface area contributed by atoms with Gasteiger partial charge in [-0.3, -0.25) is 14.5 Å². The molecule has 118 valence electrons. The summed E-state index contributed by atoms with van der Waals surface area (Å²) in [4.78, 5) is 23.7. The summed E-state index contributed by atoms with van der Waals surface area (Å²) in [5.74, 6) is -1.34. The van der Waals surface area contributed by atoms with Crippen LogP contribution in [0.15, 0.2) is 0 Å². The van der Waals surface area contributed by atoms with Crippen LogP contribution in [0, 0.1) is 0 Å². The zero-order valence-corrected chi connectivity index (χ0v) is 12.9. The highest BCUT2D eigenvalue weighted by molar-refractivity contribution is 7.91. The second kappa shape index (κ2) is 9.71.